The minimum absolute atomic E-state index is 0. The van der Waals surface area contributed by atoms with Crippen LogP contribution in [0.2, 0.25) is 0 Å². The molecular weight excluding hydrogens is 551 g/mol. The van der Waals surface area contributed by atoms with Crippen molar-refractivity contribution in [3.63, 3.8) is 0 Å². The van der Waals surface area contributed by atoms with Crippen LogP contribution in [0.1, 0.15) is 21.2 Å². The summed E-state index contributed by atoms with van der Waals surface area (Å²) in [7, 11) is 0. The van der Waals surface area contributed by atoms with E-state index in [9.17, 15) is 0 Å². The summed E-state index contributed by atoms with van der Waals surface area (Å²) in [5, 5.41) is 3.15. The summed E-state index contributed by atoms with van der Waals surface area (Å²) in [6.07, 6.45) is 8.30. The van der Waals surface area contributed by atoms with Crippen molar-refractivity contribution in [3.8, 4) is 11.1 Å². The third kappa shape index (κ3) is 4.50. The van der Waals surface area contributed by atoms with Crippen molar-refractivity contribution in [2.45, 2.75) is 10.0 Å². The third-order valence-electron chi connectivity index (χ3n) is 6.63. The van der Waals surface area contributed by atoms with Gasteiger partial charge in [-0.05, 0) is 0 Å². The van der Waals surface area contributed by atoms with Crippen molar-refractivity contribution >= 4 is 15.8 Å². The zero-order chi connectivity index (χ0) is 21.3. The van der Waals surface area contributed by atoms with Gasteiger partial charge in [0.2, 0.25) is 0 Å². The monoisotopic (exact) mass is 572 g/mol. The maximum absolute atomic E-state index is 2.48. The maximum Gasteiger partial charge on any atom is -1.00 e. The standard InChI is InChI=1S/C13H9.C12H10Si.C5H5.2ClH.Zr/c1-3-7-12-10(5-1)9-11-6-2-4-8-13(11)12;1-3-7-11(8-4-1)13-12-9-5-2-6-10-12;1-2-4-5-3-1;;;/h1-9H;1-10H;1-3H,4H2;2*1H;/q;;;;;+2/p-2. The van der Waals surface area contributed by atoms with Crippen LogP contribution in [-0.2, 0) is 20.4 Å². The fourth-order valence-corrected chi connectivity index (χ4v) is 27.6. The molecule has 0 saturated heterocycles. The zero-order valence-electron chi connectivity index (χ0n) is 18.7. The molecule has 0 N–H and O–H groups in total. The van der Waals surface area contributed by atoms with E-state index in [4.69, 9.17) is 0 Å². The van der Waals surface area contributed by atoms with Crippen molar-refractivity contribution in [2.75, 3.05) is 0 Å². The average Bonchev–Trinajstić information content (AvgIpc) is 3.51. The number of fused-ring (bicyclic) bond motifs is 3. The molecule has 0 aliphatic heterocycles. The van der Waals surface area contributed by atoms with E-state index in [-0.39, 0.29) is 24.8 Å². The summed E-state index contributed by atoms with van der Waals surface area (Å²) in [6.45, 7) is 0. The molecule has 0 unspecified atom stereocenters. The van der Waals surface area contributed by atoms with E-state index in [0.717, 1.165) is 6.42 Å². The van der Waals surface area contributed by atoms with Crippen molar-refractivity contribution in [1.29, 1.82) is 0 Å². The van der Waals surface area contributed by atoms with Gasteiger partial charge in [-0.3, -0.25) is 0 Å². The fraction of sp³-hybridized carbons (Fsp3) is 0.0667. The molecule has 0 fully saturated rings. The molecule has 0 atom stereocenters. The van der Waals surface area contributed by atoms with Crippen molar-refractivity contribution in [3.05, 3.63) is 142 Å². The van der Waals surface area contributed by atoms with E-state index in [2.05, 4.69) is 127 Å². The molecule has 0 aromatic heterocycles. The van der Waals surface area contributed by atoms with Gasteiger partial charge in [0.15, 0.2) is 0 Å². The first kappa shape index (κ1) is 25.1. The van der Waals surface area contributed by atoms with E-state index >= 15 is 0 Å². The first-order valence-electron chi connectivity index (χ1n) is 11.3. The number of hydrogen-bond acceptors (Lipinski definition) is 0. The van der Waals surface area contributed by atoms with Crippen molar-refractivity contribution < 1.29 is 45.2 Å². The molecule has 4 heteroatoms. The predicted molar refractivity (Wildman–Crippen MR) is 133 cm³/mol. The summed E-state index contributed by atoms with van der Waals surface area (Å²) in [4.78, 5) is 0. The van der Waals surface area contributed by atoms with E-state index in [1.165, 1.54) is 11.1 Å². The smallest absolute Gasteiger partial charge is 1.00 e. The van der Waals surface area contributed by atoms with Gasteiger partial charge in [-0.2, -0.15) is 0 Å². The van der Waals surface area contributed by atoms with Crippen molar-refractivity contribution in [1.82, 2.24) is 0 Å². The summed E-state index contributed by atoms with van der Waals surface area (Å²) in [6, 6.07) is 41.3. The molecule has 6 rings (SSSR count). The number of hydrogen-bond donors (Lipinski definition) is 0. The normalized spacial score (nSPS) is 13.0. The van der Waals surface area contributed by atoms with E-state index < -0.39 is 25.8 Å². The molecule has 0 bridgehead atoms. The van der Waals surface area contributed by atoms with Crippen LogP contribution in [0.5, 0.6) is 0 Å². The average molecular weight is 575 g/mol. The fourth-order valence-electron chi connectivity index (χ4n) is 5.29. The van der Waals surface area contributed by atoms with Crippen LogP contribution in [0.25, 0.3) is 11.1 Å². The molecule has 0 heterocycles. The summed E-state index contributed by atoms with van der Waals surface area (Å²) >= 11 is -2.28. The Morgan fingerprint density at radius 1 is 0.588 bits per heavy atom. The zero-order valence-corrected chi connectivity index (χ0v) is 23.6. The molecule has 2 aliphatic rings. The summed E-state index contributed by atoms with van der Waals surface area (Å²) in [5.74, 6) is 0. The Balaban J connectivity index is 0.00000137. The molecule has 0 nitrogen and oxygen atoms in total. The second kappa shape index (κ2) is 11.2. The molecule has 0 amide bonds. The van der Waals surface area contributed by atoms with Crippen LogP contribution >= 0.6 is 0 Å². The number of halogens is 2. The molecule has 0 saturated carbocycles. The Bertz CT molecular complexity index is 1300. The molecule has 4 aromatic carbocycles. The van der Waals surface area contributed by atoms with Crippen LogP contribution in [0.15, 0.2) is 131 Å². The van der Waals surface area contributed by atoms with Gasteiger partial charge in [-0.15, -0.1) is 0 Å². The molecule has 34 heavy (non-hydrogen) atoms. The van der Waals surface area contributed by atoms with Gasteiger partial charge >= 0.3 is 199 Å². The largest absolute Gasteiger partial charge is 1.00 e. The first-order valence-corrected chi connectivity index (χ1v) is 19.1. The van der Waals surface area contributed by atoms with Gasteiger partial charge in [-0.25, -0.2) is 0 Å². The summed E-state index contributed by atoms with van der Waals surface area (Å²) < 4.78 is 2.34. The summed E-state index contributed by atoms with van der Waals surface area (Å²) in [5.41, 5.74) is 5.17. The minimum atomic E-state index is -2.28. The van der Waals surface area contributed by atoms with E-state index in [1.807, 2.05) is 0 Å². The third-order valence-corrected chi connectivity index (χ3v) is 26.4. The van der Waals surface area contributed by atoms with Crippen LogP contribution in [0.3, 0.4) is 0 Å². The Morgan fingerprint density at radius 3 is 1.53 bits per heavy atom. The number of rotatable bonds is 4. The van der Waals surface area contributed by atoms with Crippen LogP contribution in [0.4, 0.5) is 0 Å². The van der Waals surface area contributed by atoms with Gasteiger partial charge in [0.25, 0.3) is 0 Å². The molecule has 0 radical (unpaired) electrons. The Labute approximate surface area is 222 Å². The number of benzene rings is 4. The first-order chi connectivity index (χ1) is 15.9. The maximum atomic E-state index is 2.48. The van der Waals surface area contributed by atoms with Gasteiger partial charge < -0.3 is 24.8 Å². The molecular formula is C30H24Cl2SiZr. The molecule has 4 aromatic rings. The van der Waals surface area contributed by atoms with Gasteiger partial charge in [0.1, 0.15) is 0 Å². The van der Waals surface area contributed by atoms with Crippen LogP contribution < -0.4 is 35.2 Å². The van der Waals surface area contributed by atoms with Gasteiger partial charge in [-0.1, -0.05) is 0 Å². The van der Waals surface area contributed by atoms with Crippen LogP contribution in [-0.4, -0.2) is 5.43 Å². The Morgan fingerprint density at radius 2 is 1.06 bits per heavy atom. The van der Waals surface area contributed by atoms with E-state index in [0.29, 0.717) is 3.63 Å². The minimum Gasteiger partial charge on any atom is -1.00 e. The number of allylic oxidation sites excluding steroid dienone is 4. The molecule has 2 aliphatic carbocycles. The van der Waals surface area contributed by atoms with Gasteiger partial charge in [0.05, 0.1) is 0 Å². The van der Waals surface area contributed by atoms with Gasteiger partial charge in [0, 0.05) is 0 Å². The SMILES string of the molecule is C1=CC[C]([Zr+2]([CH]2c3ccccc3-c3ccccc32)=[Si](c2ccccc2)c2ccccc2)=C1.[Cl-].[Cl-]. The van der Waals surface area contributed by atoms with E-state index in [1.54, 1.807) is 24.8 Å². The second-order valence-corrected chi connectivity index (χ2v) is 22.3. The van der Waals surface area contributed by atoms with Crippen molar-refractivity contribution in [2.24, 2.45) is 0 Å². The predicted octanol–water partition coefficient (Wildman–Crippen LogP) is 0.0323. The molecule has 0 spiro atoms. The molecule has 166 valence electrons. The quantitative estimate of drug-likeness (QED) is 0.302. The Kier molecular flexibility index (Phi) is 8.27. The Hall–Kier alpha value is -1.96. The van der Waals surface area contributed by atoms with Crippen LogP contribution in [0, 0.1) is 0 Å². The topological polar surface area (TPSA) is 0 Å². The second-order valence-electron chi connectivity index (χ2n) is 8.45.